The van der Waals surface area contributed by atoms with E-state index in [1.54, 1.807) is 0 Å². The summed E-state index contributed by atoms with van der Waals surface area (Å²) < 4.78 is 43.3. The van der Waals surface area contributed by atoms with Crippen LogP contribution >= 0.6 is 0 Å². The lowest BCUT2D eigenvalue weighted by Gasteiger charge is -2.44. The van der Waals surface area contributed by atoms with Crippen molar-refractivity contribution in [2.75, 3.05) is 46.1 Å². The van der Waals surface area contributed by atoms with E-state index >= 15 is 0 Å². The second-order valence-electron chi connectivity index (χ2n) is 9.88. The third-order valence-corrected chi connectivity index (χ3v) is 6.67. The van der Waals surface area contributed by atoms with E-state index in [1.807, 2.05) is 27.7 Å². The monoisotopic (exact) mass is 416 g/mol. The number of hydrogen-bond acceptors (Lipinski definition) is 7. The molecule has 0 radical (unpaired) electrons. The average Bonchev–Trinajstić information content (AvgIpc) is 3.13. The van der Waals surface area contributed by atoms with Crippen LogP contribution in [0.1, 0.15) is 41.5 Å². The molecule has 0 aromatic rings. The van der Waals surface area contributed by atoms with Gasteiger partial charge in [-0.05, 0) is 41.5 Å². The molecule has 4 aliphatic rings. The number of rotatable bonds is 6. The highest BCUT2D eigenvalue weighted by Gasteiger charge is 2.60. The highest BCUT2D eigenvalue weighted by atomic mass is 16.9. The lowest BCUT2D eigenvalue weighted by atomic mass is 9.99. The van der Waals surface area contributed by atoms with Gasteiger partial charge in [0.2, 0.25) is 0 Å². The van der Waals surface area contributed by atoms with Crippen LogP contribution in [0.5, 0.6) is 0 Å². The molecule has 0 unspecified atom stereocenters. The predicted octanol–water partition coefficient (Wildman–Crippen LogP) is 1.65. The molecule has 4 aliphatic heterocycles. The van der Waals surface area contributed by atoms with Crippen LogP contribution in [0.15, 0.2) is 0 Å². The first kappa shape index (κ1) is 21.9. The first-order chi connectivity index (χ1) is 13.6. The van der Waals surface area contributed by atoms with Gasteiger partial charge < -0.3 is 37.6 Å². The van der Waals surface area contributed by atoms with E-state index in [0.717, 1.165) is 37.3 Å². The Labute approximate surface area is 174 Å². The molecule has 0 aliphatic carbocycles. The normalized spacial score (nSPS) is 40.0. The van der Waals surface area contributed by atoms with Crippen molar-refractivity contribution in [2.45, 2.75) is 89.9 Å². The maximum atomic E-state index is 6.22. The summed E-state index contributed by atoms with van der Waals surface area (Å²) in [6.45, 7) is 18.0. The van der Waals surface area contributed by atoms with E-state index in [2.05, 4.69) is 13.8 Å². The second-order valence-corrected chi connectivity index (χ2v) is 9.88. The largest absolute Gasteiger partial charge is 0.373 e. The van der Waals surface area contributed by atoms with Gasteiger partial charge in [-0.3, -0.25) is 0 Å². The molecule has 29 heavy (non-hydrogen) atoms. The molecule has 0 aromatic heterocycles. The Kier molecular flexibility index (Phi) is 6.03. The molecule has 0 amide bonds. The Morgan fingerprint density at radius 1 is 0.897 bits per heavy atom. The van der Waals surface area contributed by atoms with Gasteiger partial charge in [0.15, 0.2) is 17.9 Å². The van der Waals surface area contributed by atoms with Crippen LogP contribution in [-0.2, 0) is 33.2 Å². The Hall–Kier alpha value is -0.320. The van der Waals surface area contributed by atoms with Crippen LogP contribution in [0.3, 0.4) is 0 Å². The van der Waals surface area contributed by atoms with Gasteiger partial charge in [-0.25, -0.2) is 0 Å². The Balaban J connectivity index is 1.36. The molecule has 4 rings (SSSR count). The zero-order chi connectivity index (χ0) is 20.9. The van der Waals surface area contributed by atoms with Crippen molar-refractivity contribution in [1.29, 1.82) is 0 Å². The van der Waals surface area contributed by atoms with Crippen molar-refractivity contribution in [1.82, 2.24) is 0 Å². The zero-order valence-corrected chi connectivity index (χ0v) is 18.7. The quantitative estimate of drug-likeness (QED) is 0.482. The van der Waals surface area contributed by atoms with Gasteiger partial charge >= 0.3 is 0 Å². The van der Waals surface area contributed by atoms with Gasteiger partial charge in [-0.1, -0.05) is 0 Å². The summed E-state index contributed by atoms with van der Waals surface area (Å²) in [5, 5.41) is 0. The predicted molar refractivity (Wildman–Crippen MR) is 104 cm³/mol. The van der Waals surface area contributed by atoms with E-state index in [0.29, 0.717) is 19.3 Å². The molecule has 4 heterocycles. The van der Waals surface area contributed by atoms with Crippen molar-refractivity contribution in [3.63, 3.8) is 0 Å². The number of morpholine rings is 1. The summed E-state index contributed by atoms with van der Waals surface area (Å²) in [7, 11) is 0. The fraction of sp³-hybridized carbons (Fsp3) is 1.00. The van der Waals surface area contributed by atoms with Gasteiger partial charge in [-0.15, -0.1) is 0 Å². The maximum absolute atomic E-state index is 6.22. The second kappa shape index (κ2) is 7.98. The van der Waals surface area contributed by atoms with E-state index in [9.17, 15) is 0 Å². The minimum Gasteiger partial charge on any atom is -0.373 e. The van der Waals surface area contributed by atoms with E-state index in [-0.39, 0.29) is 24.4 Å². The molecule has 8 heteroatoms. The molecule has 0 saturated carbocycles. The summed E-state index contributed by atoms with van der Waals surface area (Å²) in [6.07, 6.45) is -1.48. The van der Waals surface area contributed by atoms with Gasteiger partial charge in [0.25, 0.3) is 0 Å². The number of nitrogens with zero attached hydrogens (tertiary/aromatic N) is 1. The molecule has 0 bridgehead atoms. The van der Waals surface area contributed by atoms with Gasteiger partial charge in [-0.2, -0.15) is 0 Å². The first-order valence-electron chi connectivity index (χ1n) is 11.0. The van der Waals surface area contributed by atoms with Gasteiger partial charge in [0.05, 0.1) is 32.5 Å². The number of quaternary nitrogens is 1. The summed E-state index contributed by atoms with van der Waals surface area (Å²) in [6, 6.07) is 0.553. The molecule has 0 spiro atoms. The summed E-state index contributed by atoms with van der Waals surface area (Å²) >= 11 is 0. The summed E-state index contributed by atoms with van der Waals surface area (Å²) in [4.78, 5) is 0. The lowest BCUT2D eigenvalue weighted by molar-refractivity contribution is -0.954. The summed E-state index contributed by atoms with van der Waals surface area (Å²) in [5.74, 6) is -1.38. The Bertz CT molecular complexity index is 575. The van der Waals surface area contributed by atoms with Crippen LogP contribution in [0, 0.1) is 0 Å². The minimum atomic E-state index is -0.699. The van der Waals surface area contributed by atoms with Crippen LogP contribution < -0.4 is 0 Å². The third kappa shape index (κ3) is 4.50. The lowest BCUT2D eigenvalue weighted by Crippen LogP contribution is -2.60. The van der Waals surface area contributed by atoms with E-state index < -0.39 is 17.9 Å². The fourth-order valence-electron chi connectivity index (χ4n) is 4.98. The Morgan fingerprint density at radius 2 is 1.52 bits per heavy atom. The van der Waals surface area contributed by atoms with Crippen LogP contribution in [-0.4, -0.2) is 98.9 Å². The minimum absolute atomic E-state index is 0.229. The van der Waals surface area contributed by atoms with Crippen molar-refractivity contribution in [3.05, 3.63) is 0 Å². The molecular weight excluding hydrogens is 378 g/mol. The van der Waals surface area contributed by atoms with Crippen molar-refractivity contribution < 1.29 is 37.6 Å². The van der Waals surface area contributed by atoms with Gasteiger partial charge in [0, 0.05) is 0 Å². The smallest absolute Gasteiger partial charge is 0.190 e. The molecule has 0 aromatic carbocycles. The zero-order valence-electron chi connectivity index (χ0n) is 18.7. The van der Waals surface area contributed by atoms with Crippen molar-refractivity contribution >= 4 is 0 Å². The molecule has 4 fully saturated rings. The fourth-order valence-corrected chi connectivity index (χ4v) is 4.98. The molecular formula is C21H38NO7+. The number of fused-ring (bicyclic) bond motifs is 3. The van der Waals surface area contributed by atoms with Gasteiger partial charge in [0.1, 0.15) is 44.1 Å². The maximum Gasteiger partial charge on any atom is 0.190 e. The van der Waals surface area contributed by atoms with E-state index in [1.165, 1.54) is 0 Å². The van der Waals surface area contributed by atoms with Crippen molar-refractivity contribution in [3.8, 4) is 0 Å². The third-order valence-electron chi connectivity index (χ3n) is 6.67. The topological polar surface area (TPSA) is 64.6 Å². The average molecular weight is 417 g/mol. The van der Waals surface area contributed by atoms with Crippen LogP contribution in [0.4, 0.5) is 0 Å². The van der Waals surface area contributed by atoms with Crippen LogP contribution in [0.2, 0.25) is 0 Å². The summed E-state index contributed by atoms with van der Waals surface area (Å²) in [5.41, 5.74) is 0. The van der Waals surface area contributed by atoms with E-state index in [4.69, 9.17) is 33.2 Å². The highest BCUT2D eigenvalue weighted by molar-refractivity contribution is 5.00. The molecule has 8 nitrogen and oxygen atoms in total. The van der Waals surface area contributed by atoms with Crippen molar-refractivity contribution in [2.24, 2.45) is 0 Å². The molecule has 0 N–H and O–H groups in total. The molecule has 4 saturated heterocycles. The first-order valence-corrected chi connectivity index (χ1v) is 11.0. The van der Waals surface area contributed by atoms with Crippen LogP contribution in [0.25, 0.3) is 0 Å². The Morgan fingerprint density at radius 3 is 2.21 bits per heavy atom. The highest BCUT2D eigenvalue weighted by Crippen LogP contribution is 2.44. The SMILES string of the molecule is CC(C)[N+]1(CCOC[C@H]2O[C@@H]3OC(C)(C)O[C@@H]3[C@H]3OC(C)(C)O[C@H]32)CCOCC1. The number of ether oxygens (including phenoxy) is 7. The molecule has 168 valence electrons. The number of hydrogen-bond donors (Lipinski definition) is 0. The molecule has 5 atom stereocenters. The standard InChI is InChI=1S/C21H38NO7/c1-14(2)22(7-10-23-11-8-22)9-12-24-13-15-16-17(27-20(3,4)26-16)18-19(25-15)29-21(5,6)28-18/h14-19H,7-13H2,1-6H3/q+1/t15-,16+,17+,18-,19-/m1/s1.